The van der Waals surface area contributed by atoms with Crippen LogP contribution in [-0.4, -0.2) is 35.2 Å². The molecule has 8 heteroatoms. The van der Waals surface area contributed by atoms with Crippen molar-refractivity contribution in [3.05, 3.63) is 101 Å². The van der Waals surface area contributed by atoms with Crippen molar-refractivity contribution in [2.45, 2.75) is 40.7 Å². The second-order valence-corrected chi connectivity index (χ2v) is 9.89. The molecule has 1 N–H and O–H groups in total. The first kappa shape index (κ1) is 24.6. The summed E-state index contributed by atoms with van der Waals surface area (Å²) in [6.45, 7) is 8.48. The zero-order chi connectivity index (χ0) is 27.1. The number of nitrogens with one attached hydrogen (secondary N) is 1. The lowest BCUT2D eigenvalue weighted by Gasteiger charge is -2.13. The van der Waals surface area contributed by atoms with Crippen LogP contribution in [0.25, 0.3) is 44.8 Å². The standard InChI is InChI=1S/C31H28FN7/c1-5-28-34-29-19(3)14-20(4)33-31(29)39(28)17-24-10-9-23(16-27(24)32)26-15-22(21-8-6-7-18(2)13-21)11-12-25(26)30-35-37-38-36-30/h6-16H,5,17H2,1-4H3,(H,35,36,37,38). The van der Waals surface area contributed by atoms with Gasteiger partial charge in [0, 0.05) is 23.2 Å². The first-order valence-corrected chi connectivity index (χ1v) is 13.0. The molecule has 0 saturated carbocycles. The predicted molar refractivity (Wildman–Crippen MR) is 151 cm³/mol. The van der Waals surface area contributed by atoms with Gasteiger partial charge in [0.2, 0.25) is 5.82 Å². The van der Waals surface area contributed by atoms with Crippen molar-refractivity contribution in [1.82, 2.24) is 35.2 Å². The Morgan fingerprint density at radius 3 is 2.41 bits per heavy atom. The summed E-state index contributed by atoms with van der Waals surface area (Å²) in [5, 5.41) is 14.6. The highest BCUT2D eigenvalue weighted by Crippen LogP contribution is 2.35. The lowest BCUT2D eigenvalue weighted by molar-refractivity contribution is 0.597. The maximum atomic E-state index is 15.8. The third-order valence-electron chi connectivity index (χ3n) is 7.07. The van der Waals surface area contributed by atoms with Crippen LogP contribution in [0.1, 0.15) is 35.1 Å². The Labute approximate surface area is 225 Å². The van der Waals surface area contributed by atoms with Crippen molar-refractivity contribution >= 4 is 11.2 Å². The van der Waals surface area contributed by atoms with E-state index in [1.807, 2.05) is 54.8 Å². The lowest BCUT2D eigenvalue weighted by atomic mass is 9.93. The molecule has 3 aromatic carbocycles. The Hall–Kier alpha value is -4.72. The Bertz CT molecular complexity index is 1820. The third-order valence-corrected chi connectivity index (χ3v) is 7.07. The number of rotatable bonds is 6. The van der Waals surface area contributed by atoms with Gasteiger partial charge in [0.1, 0.15) is 17.2 Å². The number of aromatic amines is 1. The van der Waals surface area contributed by atoms with Gasteiger partial charge in [-0.25, -0.2) is 14.4 Å². The maximum Gasteiger partial charge on any atom is 0.205 e. The van der Waals surface area contributed by atoms with Crippen LogP contribution >= 0.6 is 0 Å². The number of hydrogen-bond donors (Lipinski definition) is 1. The minimum atomic E-state index is -0.291. The first-order chi connectivity index (χ1) is 18.9. The number of tetrazole rings is 1. The SMILES string of the molecule is CCc1nc2c(C)cc(C)nc2n1Cc1ccc(-c2cc(-c3cccc(C)c3)ccc2-c2nn[nH]n2)cc1F. The van der Waals surface area contributed by atoms with Gasteiger partial charge in [-0.05, 0) is 78.1 Å². The van der Waals surface area contributed by atoms with Gasteiger partial charge < -0.3 is 4.57 Å². The molecule has 0 spiro atoms. The molecule has 0 radical (unpaired) electrons. The van der Waals surface area contributed by atoms with E-state index in [-0.39, 0.29) is 5.82 Å². The number of fused-ring (bicyclic) bond motifs is 1. The molecule has 0 bridgehead atoms. The van der Waals surface area contributed by atoms with Crippen LogP contribution in [-0.2, 0) is 13.0 Å². The third kappa shape index (κ3) is 4.58. The highest BCUT2D eigenvalue weighted by molar-refractivity contribution is 5.85. The zero-order valence-electron chi connectivity index (χ0n) is 22.3. The molecule has 0 fully saturated rings. The summed E-state index contributed by atoms with van der Waals surface area (Å²) in [4.78, 5) is 9.54. The molecule has 0 aliphatic carbocycles. The van der Waals surface area contributed by atoms with E-state index in [4.69, 9.17) is 9.97 Å². The molecular weight excluding hydrogens is 489 g/mol. The van der Waals surface area contributed by atoms with E-state index < -0.39 is 0 Å². The molecule has 0 amide bonds. The van der Waals surface area contributed by atoms with Gasteiger partial charge in [-0.15, -0.1) is 10.2 Å². The molecule has 6 aromatic rings. The number of hydrogen-bond acceptors (Lipinski definition) is 5. The van der Waals surface area contributed by atoms with Gasteiger partial charge in [-0.2, -0.15) is 5.21 Å². The number of halogens is 1. The van der Waals surface area contributed by atoms with Gasteiger partial charge in [0.25, 0.3) is 0 Å². The van der Waals surface area contributed by atoms with Gasteiger partial charge in [0.15, 0.2) is 5.65 Å². The Balaban J connectivity index is 1.43. The number of aromatic nitrogens is 7. The summed E-state index contributed by atoms with van der Waals surface area (Å²) in [6, 6.07) is 21.8. The Morgan fingerprint density at radius 2 is 1.67 bits per heavy atom. The molecule has 0 saturated heterocycles. The van der Waals surface area contributed by atoms with Crippen molar-refractivity contribution in [3.8, 4) is 33.6 Å². The molecule has 3 aromatic heterocycles. The molecule has 0 unspecified atom stereocenters. The molecule has 0 atom stereocenters. The fraction of sp³-hybridized carbons (Fsp3) is 0.194. The van der Waals surface area contributed by atoms with Crippen LogP contribution < -0.4 is 0 Å². The van der Waals surface area contributed by atoms with Crippen molar-refractivity contribution in [2.24, 2.45) is 0 Å². The Morgan fingerprint density at radius 1 is 0.846 bits per heavy atom. The minimum Gasteiger partial charge on any atom is -0.308 e. The zero-order valence-corrected chi connectivity index (χ0v) is 22.3. The number of aryl methyl sites for hydroxylation is 4. The second kappa shape index (κ2) is 9.87. The van der Waals surface area contributed by atoms with Crippen molar-refractivity contribution < 1.29 is 4.39 Å². The Kier molecular flexibility index (Phi) is 6.23. The molecule has 6 rings (SSSR count). The smallest absolute Gasteiger partial charge is 0.205 e. The molecule has 7 nitrogen and oxygen atoms in total. The summed E-state index contributed by atoms with van der Waals surface area (Å²) in [5.74, 6) is 1.06. The molecule has 194 valence electrons. The van der Waals surface area contributed by atoms with Crippen molar-refractivity contribution in [2.75, 3.05) is 0 Å². The predicted octanol–water partition coefficient (Wildman–Crippen LogP) is 6.62. The first-order valence-electron chi connectivity index (χ1n) is 13.0. The minimum absolute atomic E-state index is 0.291. The van der Waals surface area contributed by atoms with Crippen LogP contribution in [0.4, 0.5) is 4.39 Å². The van der Waals surface area contributed by atoms with Crippen molar-refractivity contribution in [1.29, 1.82) is 0 Å². The highest BCUT2D eigenvalue weighted by Gasteiger charge is 2.18. The fourth-order valence-corrected chi connectivity index (χ4v) is 5.16. The second-order valence-electron chi connectivity index (χ2n) is 9.89. The van der Waals surface area contributed by atoms with Crippen molar-refractivity contribution in [3.63, 3.8) is 0 Å². The van der Waals surface area contributed by atoms with Crippen LogP contribution in [0, 0.1) is 26.6 Å². The number of pyridine rings is 1. The number of H-pyrrole nitrogens is 1. The van der Waals surface area contributed by atoms with E-state index in [9.17, 15) is 0 Å². The van der Waals surface area contributed by atoms with Crippen LogP contribution in [0.2, 0.25) is 0 Å². The molecule has 3 heterocycles. The summed E-state index contributed by atoms with van der Waals surface area (Å²) in [5.41, 5.74) is 9.85. The highest BCUT2D eigenvalue weighted by atomic mass is 19.1. The van der Waals surface area contributed by atoms with E-state index in [0.717, 1.165) is 62.5 Å². The normalized spacial score (nSPS) is 11.4. The summed E-state index contributed by atoms with van der Waals surface area (Å²) >= 11 is 0. The molecular formula is C31H28FN7. The summed E-state index contributed by atoms with van der Waals surface area (Å²) in [6.07, 6.45) is 0.731. The number of nitrogens with zero attached hydrogens (tertiary/aromatic N) is 6. The number of imidazole rings is 1. The maximum absolute atomic E-state index is 15.8. The van der Waals surface area contributed by atoms with E-state index in [0.29, 0.717) is 17.9 Å². The van der Waals surface area contributed by atoms with Crippen LogP contribution in [0.5, 0.6) is 0 Å². The van der Waals surface area contributed by atoms with Crippen LogP contribution in [0.15, 0.2) is 66.7 Å². The average molecular weight is 518 g/mol. The number of benzene rings is 3. The van der Waals surface area contributed by atoms with E-state index in [1.165, 1.54) is 5.56 Å². The fourth-order valence-electron chi connectivity index (χ4n) is 5.16. The molecule has 39 heavy (non-hydrogen) atoms. The van der Waals surface area contributed by atoms with Crippen LogP contribution in [0.3, 0.4) is 0 Å². The summed E-state index contributed by atoms with van der Waals surface area (Å²) < 4.78 is 17.8. The summed E-state index contributed by atoms with van der Waals surface area (Å²) in [7, 11) is 0. The monoisotopic (exact) mass is 517 g/mol. The lowest BCUT2D eigenvalue weighted by Crippen LogP contribution is -2.07. The van der Waals surface area contributed by atoms with Gasteiger partial charge >= 0.3 is 0 Å². The average Bonchev–Trinajstić information content (AvgIpc) is 3.58. The van der Waals surface area contributed by atoms with E-state index in [2.05, 4.69) is 58.7 Å². The van der Waals surface area contributed by atoms with Gasteiger partial charge in [0.05, 0.1) is 6.54 Å². The van der Waals surface area contributed by atoms with Gasteiger partial charge in [-0.1, -0.05) is 55.0 Å². The molecule has 0 aliphatic rings. The largest absolute Gasteiger partial charge is 0.308 e. The van der Waals surface area contributed by atoms with E-state index in [1.54, 1.807) is 6.07 Å². The molecule has 0 aliphatic heterocycles. The van der Waals surface area contributed by atoms with E-state index >= 15 is 4.39 Å². The quantitative estimate of drug-likeness (QED) is 0.268. The topological polar surface area (TPSA) is 85.2 Å². The van der Waals surface area contributed by atoms with Gasteiger partial charge in [-0.3, -0.25) is 0 Å².